The predicted molar refractivity (Wildman–Crippen MR) is 130 cm³/mol. The molecule has 1 aliphatic heterocycles. The number of rotatable bonds is 5. The van der Waals surface area contributed by atoms with Crippen molar-refractivity contribution >= 4 is 18.0 Å². The molecule has 1 heterocycles. The number of carbonyl (C=O) groups excluding carboxylic acids is 3. The first kappa shape index (κ1) is 22.7. The lowest BCUT2D eigenvalue weighted by Gasteiger charge is -2.31. The van der Waals surface area contributed by atoms with E-state index < -0.39 is 18.2 Å². The van der Waals surface area contributed by atoms with Crippen LogP contribution in [0.1, 0.15) is 29.0 Å². The van der Waals surface area contributed by atoms with Gasteiger partial charge in [-0.15, -0.1) is 0 Å². The molecule has 0 bridgehead atoms. The minimum Gasteiger partial charge on any atom is -0.449 e. The Kier molecular flexibility index (Phi) is 6.48. The third-order valence-corrected chi connectivity index (χ3v) is 6.52. The van der Waals surface area contributed by atoms with Gasteiger partial charge in [-0.05, 0) is 27.8 Å². The van der Waals surface area contributed by atoms with Crippen LogP contribution in [0.3, 0.4) is 0 Å². The molecule has 0 aromatic heterocycles. The summed E-state index contributed by atoms with van der Waals surface area (Å²) in [4.78, 5) is 39.0. The zero-order valence-corrected chi connectivity index (χ0v) is 19.2. The first-order valence-corrected chi connectivity index (χ1v) is 11.7. The Labute approximate surface area is 203 Å². The summed E-state index contributed by atoms with van der Waals surface area (Å²) in [5.74, 6) is -0.203. The number of carbonyl (C=O) groups is 3. The molecule has 35 heavy (non-hydrogen) atoms. The maximum atomic E-state index is 12.6. The second-order valence-corrected chi connectivity index (χ2v) is 8.72. The molecule has 1 unspecified atom stereocenters. The maximum Gasteiger partial charge on any atom is 0.410 e. The molecule has 1 fully saturated rings. The highest BCUT2D eigenvalue weighted by molar-refractivity contribution is 5.89. The van der Waals surface area contributed by atoms with E-state index in [1.165, 1.54) is 4.90 Å². The summed E-state index contributed by atoms with van der Waals surface area (Å²) in [6.07, 6.45) is -1.04. The Morgan fingerprint density at radius 3 is 2.17 bits per heavy atom. The van der Waals surface area contributed by atoms with Crippen molar-refractivity contribution in [1.29, 1.82) is 0 Å². The van der Waals surface area contributed by atoms with Crippen LogP contribution in [-0.2, 0) is 20.9 Å². The SMILES string of the molecule is O=C(NC1CN(C(=O)OCc2ccccc2)CCC1=O)OCC1c2ccccc2-c2ccccc21. The Hall–Kier alpha value is -4.13. The standard InChI is InChI=1S/C28H26N2O5/c31-26-14-15-30(28(33)35-17-19-8-2-1-3-9-19)16-25(26)29-27(32)34-18-24-22-12-6-4-10-20(22)21-11-5-7-13-23(21)24/h1-13,24-25H,14-18H2,(H,29,32). The predicted octanol–water partition coefficient (Wildman–Crippen LogP) is 4.51. The van der Waals surface area contributed by atoms with Gasteiger partial charge in [-0.2, -0.15) is 0 Å². The van der Waals surface area contributed by atoms with Gasteiger partial charge < -0.3 is 19.7 Å². The van der Waals surface area contributed by atoms with Crippen LogP contribution in [0.25, 0.3) is 11.1 Å². The lowest BCUT2D eigenvalue weighted by atomic mass is 9.98. The summed E-state index contributed by atoms with van der Waals surface area (Å²) in [7, 11) is 0. The highest BCUT2D eigenvalue weighted by Gasteiger charge is 2.33. The third-order valence-electron chi connectivity index (χ3n) is 6.52. The monoisotopic (exact) mass is 470 g/mol. The van der Waals surface area contributed by atoms with E-state index >= 15 is 0 Å². The molecule has 1 atom stereocenters. The van der Waals surface area contributed by atoms with E-state index in [9.17, 15) is 14.4 Å². The first-order chi connectivity index (χ1) is 17.1. The van der Waals surface area contributed by atoms with Crippen LogP contribution in [0, 0.1) is 0 Å². The van der Waals surface area contributed by atoms with Gasteiger partial charge in [-0.3, -0.25) is 4.79 Å². The van der Waals surface area contributed by atoms with Crippen molar-refractivity contribution in [2.45, 2.75) is 25.0 Å². The number of Topliss-reactive ketones (excluding diaryl/α,β-unsaturated/α-hetero) is 1. The van der Waals surface area contributed by atoms with E-state index in [0.29, 0.717) is 0 Å². The lowest BCUT2D eigenvalue weighted by Crippen LogP contribution is -2.54. The van der Waals surface area contributed by atoms with E-state index in [1.54, 1.807) is 0 Å². The number of ketones is 1. The highest BCUT2D eigenvalue weighted by Crippen LogP contribution is 2.44. The molecule has 1 N–H and O–H groups in total. The Balaban J connectivity index is 1.17. The molecule has 3 aromatic rings. The number of ether oxygens (including phenoxy) is 2. The zero-order chi connectivity index (χ0) is 24.2. The van der Waals surface area contributed by atoms with Crippen LogP contribution >= 0.6 is 0 Å². The number of hydrogen-bond donors (Lipinski definition) is 1. The molecule has 0 saturated carbocycles. The number of benzene rings is 3. The lowest BCUT2D eigenvalue weighted by molar-refractivity contribution is -0.123. The van der Waals surface area contributed by atoms with Crippen LogP contribution in [0.15, 0.2) is 78.9 Å². The molecule has 1 saturated heterocycles. The van der Waals surface area contributed by atoms with Crippen LogP contribution in [-0.4, -0.2) is 48.6 Å². The molecule has 2 amide bonds. The second kappa shape index (κ2) is 10.0. The topological polar surface area (TPSA) is 84.9 Å². The van der Waals surface area contributed by atoms with Crippen molar-refractivity contribution in [2.24, 2.45) is 0 Å². The summed E-state index contributed by atoms with van der Waals surface area (Å²) in [5.41, 5.74) is 5.39. The third kappa shape index (κ3) is 4.89. The number of alkyl carbamates (subject to hydrolysis) is 1. The summed E-state index contributed by atoms with van der Waals surface area (Å²) >= 11 is 0. The van der Waals surface area contributed by atoms with E-state index in [2.05, 4.69) is 17.4 Å². The molecule has 0 radical (unpaired) electrons. The summed E-state index contributed by atoms with van der Waals surface area (Å²) in [6, 6.07) is 24.7. The molecule has 1 aliphatic carbocycles. The summed E-state index contributed by atoms with van der Waals surface area (Å²) in [6.45, 7) is 0.615. The van der Waals surface area contributed by atoms with E-state index in [0.717, 1.165) is 27.8 Å². The second-order valence-electron chi connectivity index (χ2n) is 8.72. The number of amides is 2. The van der Waals surface area contributed by atoms with Crippen LogP contribution < -0.4 is 5.32 Å². The van der Waals surface area contributed by atoms with Crippen molar-refractivity contribution in [3.8, 4) is 11.1 Å². The average Bonchev–Trinajstić information content (AvgIpc) is 3.21. The van der Waals surface area contributed by atoms with Gasteiger partial charge in [-0.25, -0.2) is 9.59 Å². The zero-order valence-electron chi connectivity index (χ0n) is 19.2. The number of piperidine rings is 1. The van der Waals surface area contributed by atoms with E-state index in [-0.39, 0.29) is 44.4 Å². The molecular weight excluding hydrogens is 444 g/mol. The fraction of sp³-hybridized carbons (Fsp3) is 0.250. The minimum absolute atomic E-state index is 0.0522. The number of hydrogen-bond acceptors (Lipinski definition) is 5. The Morgan fingerprint density at radius 1 is 0.857 bits per heavy atom. The molecule has 7 heteroatoms. The van der Waals surface area contributed by atoms with Gasteiger partial charge >= 0.3 is 12.2 Å². The molecule has 5 rings (SSSR count). The van der Waals surface area contributed by atoms with Crippen molar-refractivity contribution in [3.63, 3.8) is 0 Å². The summed E-state index contributed by atoms with van der Waals surface area (Å²) in [5, 5.41) is 2.64. The maximum absolute atomic E-state index is 12.6. The largest absolute Gasteiger partial charge is 0.449 e. The minimum atomic E-state index is -0.830. The van der Waals surface area contributed by atoms with Gasteiger partial charge in [0, 0.05) is 18.9 Å². The van der Waals surface area contributed by atoms with Crippen LogP contribution in [0.2, 0.25) is 0 Å². The number of likely N-dealkylation sites (tertiary alicyclic amines) is 1. The van der Waals surface area contributed by atoms with Gasteiger partial charge in [0.25, 0.3) is 0 Å². The smallest absolute Gasteiger partial charge is 0.410 e. The quantitative estimate of drug-likeness (QED) is 0.593. The Morgan fingerprint density at radius 2 is 1.49 bits per heavy atom. The molecule has 178 valence electrons. The normalized spacial score (nSPS) is 16.9. The average molecular weight is 471 g/mol. The molecule has 0 spiro atoms. The van der Waals surface area contributed by atoms with Crippen molar-refractivity contribution in [2.75, 3.05) is 19.7 Å². The van der Waals surface area contributed by atoms with Crippen LogP contribution in [0.5, 0.6) is 0 Å². The van der Waals surface area contributed by atoms with E-state index in [1.807, 2.05) is 66.7 Å². The fourth-order valence-electron chi connectivity index (χ4n) is 4.72. The van der Waals surface area contributed by atoms with Gasteiger partial charge in [-0.1, -0.05) is 78.9 Å². The molecule has 7 nitrogen and oxygen atoms in total. The highest BCUT2D eigenvalue weighted by atomic mass is 16.6. The van der Waals surface area contributed by atoms with Gasteiger partial charge in [0.1, 0.15) is 19.3 Å². The van der Waals surface area contributed by atoms with Gasteiger partial charge in [0.2, 0.25) is 0 Å². The van der Waals surface area contributed by atoms with Crippen molar-refractivity contribution in [3.05, 3.63) is 95.6 Å². The number of fused-ring (bicyclic) bond motifs is 3. The molecule has 3 aromatic carbocycles. The molecule has 2 aliphatic rings. The number of nitrogens with zero attached hydrogens (tertiary/aromatic N) is 1. The van der Waals surface area contributed by atoms with Crippen LogP contribution in [0.4, 0.5) is 9.59 Å². The molecular formula is C28H26N2O5. The Bertz CT molecular complexity index is 1200. The van der Waals surface area contributed by atoms with Gasteiger partial charge in [0.15, 0.2) is 5.78 Å². The number of nitrogens with one attached hydrogen (secondary N) is 1. The van der Waals surface area contributed by atoms with Crippen molar-refractivity contribution in [1.82, 2.24) is 10.2 Å². The van der Waals surface area contributed by atoms with Crippen molar-refractivity contribution < 1.29 is 23.9 Å². The first-order valence-electron chi connectivity index (χ1n) is 11.7. The van der Waals surface area contributed by atoms with Gasteiger partial charge in [0.05, 0.1) is 6.54 Å². The summed E-state index contributed by atoms with van der Waals surface area (Å²) < 4.78 is 10.9. The fourth-order valence-corrected chi connectivity index (χ4v) is 4.72. The van der Waals surface area contributed by atoms with E-state index in [4.69, 9.17) is 9.47 Å².